The SMILES string of the molecule is CSc1nc(Cl)c(C(O)C(O)C(N)=O)c(Cl)n1. The van der Waals surface area contributed by atoms with Gasteiger partial charge in [-0.3, -0.25) is 4.79 Å². The summed E-state index contributed by atoms with van der Waals surface area (Å²) in [5, 5.41) is 19.0. The summed E-state index contributed by atoms with van der Waals surface area (Å²) < 4.78 is 0. The number of hydrogen-bond donors (Lipinski definition) is 3. The first-order valence-electron chi connectivity index (χ1n) is 4.30. The highest BCUT2D eigenvalue weighted by atomic mass is 35.5. The number of thioether (sulfide) groups is 1. The molecule has 2 unspecified atom stereocenters. The predicted octanol–water partition coefficient (Wildman–Crippen LogP) is 0.385. The van der Waals surface area contributed by atoms with Crippen molar-refractivity contribution >= 4 is 40.9 Å². The van der Waals surface area contributed by atoms with E-state index in [1.165, 1.54) is 11.8 Å². The fourth-order valence-electron chi connectivity index (χ4n) is 1.05. The van der Waals surface area contributed by atoms with Crippen molar-refractivity contribution in [2.45, 2.75) is 17.4 Å². The van der Waals surface area contributed by atoms with E-state index in [0.717, 1.165) is 0 Å². The molecule has 9 heteroatoms. The van der Waals surface area contributed by atoms with Gasteiger partial charge in [0.25, 0.3) is 0 Å². The molecule has 1 rings (SSSR count). The number of aliphatic hydroxyl groups excluding tert-OH is 2. The lowest BCUT2D eigenvalue weighted by Crippen LogP contribution is -2.34. The average Bonchev–Trinajstić information content (AvgIpc) is 2.26. The Balaban J connectivity index is 3.18. The predicted molar refractivity (Wildman–Crippen MR) is 64.0 cm³/mol. The molecular weight excluding hydrogens is 289 g/mol. The number of aromatic nitrogens is 2. The van der Waals surface area contributed by atoms with Crippen molar-refractivity contribution in [3.8, 4) is 0 Å². The Bertz CT molecular complexity index is 423. The third-order valence-electron chi connectivity index (χ3n) is 1.90. The van der Waals surface area contributed by atoms with Crippen LogP contribution in [0, 0.1) is 0 Å². The van der Waals surface area contributed by atoms with Crippen molar-refractivity contribution in [1.29, 1.82) is 0 Å². The molecule has 17 heavy (non-hydrogen) atoms. The highest BCUT2D eigenvalue weighted by Crippen LogP contribution is 2.31. The molecule has 1 aromatic heterocycles. The van der Waals surface area contributed by atoms with Gasteiger partial charge in [-0.25, -0.2) is 9.97 Å². The van der Waals surface area contributed by atoms with Crippen molar-refractivity contribution in [3.05, 3.63) is 15.9 Å². The van der Waals surface area contributed by atoms with Gasteiger partial charge in [-0.2, -0.15) is 0 Å². The first-order chi connectivity index (χ1) is 7.88. The van der Waals surface area contributed by atoms with E-state index < -0.39 is 18.1 Å². The number of primary amides is 1. The second-order valence-electron chi connectivity index (χ2n) is 3.00. The molecule has 6 nitrogen and oxygen atoms in total. The number of carbonyl (C=O) groups excluding carboxylic acids is 1. The monoisotopic (exact) mass is 297 g/mol. The van der Waals surface area contributed by atoms with Gasteiger partial charge in [-0.05, 0) is 6.26 Å². The number of rotatable bonds is 4. The highest BCUT2D eigenvalue weighted by molar-refractivity contribution is 7.98. The summed E-state index contributed by atoms with van der Waals surface area (Å²) >= 11 is 12.8. The van der Waals surface area contributed by atoms with Crippen LogP contribution < -0.4 is 5.73 Å². The molecule has 2 atom stereocenters. The molecule has 0 aliphatic heterocycles. The first kappa shape index (κ1) is 14.5. The summed E-state index contributed by atoms with van der Waals surface area (Å²) in [6, 6.07) is 0. The fourth-order valence-corrected chi connectivity index (χ4v) is 2.12. The lowest BCUT2D eigenvalue weighted by Gasteiger charge is -2.17. The molecule has 0 saturated heterocycles. The molecule has 0 aromatic carbocycles. The van der Waals surface area contributed by atoms with Crippen molar-refractivity contribution in [2.75, 3.05) is 6.26 Å². The van der Waals surface area contributed by atoms with Crippen LogP contribution in [0.4, 0.5) is 0 Å². The highest BCUT2D eigenvalue weighted by Gasteiger charge is 2.29. The Kier molecular flexibility index (Phi) is 4.96. The third kappa shape index (κ3) is 3.20. The lowest BCUT2D eigenvalue weighted by molar-refractivity contribution is -0.131. The molecular formula is C8H9Cl2N3O3S. The summed E-state index contributed by atoms with van der Waals surface area (Å²) in [6.45, 7) is 0. The standard InChI is InChI=1S/C8H9Cl2N3O3S/c1-17-8-12-5(9)2(6(10)13-8)3(14)4(15)7(11)16/h3-4,14-15H,1H3,(H2,11,16). The Morgan fingerprint density at radius 2 is 1.82 bits per heavy atom. The van der Waals surface area contributed by atoms with E-state index in [0.29, 0.717) is 5.16 Å². The topological polar surface area (TPSA) is 109 Å². The van der Waals surface area contributed by atoms with Crippen LogP contribution in [0.25, 0.3) is 0 Å². The van der Waals surface area contributed by atoms with E-state index in [9.17, 15) is 15.0 Å². The van der Waals surface area contributed by atoms with E-state index in [-0.39, 0.29) is 15.9 Å². The number of amides is 1. The molecule has 0 fully saturated rings. The fraction of sp³-hybridized carbons (Fsp3) is 0.375. The van der Waals surface area contributed by atoms with E-state index in [1.807, 2.05) is 0 Å². The minimum atomic E-state index is -1.83. The van der Waals surface area contributed by atoms with Crippen molar-refractivity contribution < 1.29 is 15.0 Å². The van der Waals surface area contributed by atoms with E-state index in [2.05, 4.69) is 9.97 Å². The number of hydrogen-bond acceptors (Lipinski definition) is 6. The van der Waals surface area contributed by atoms with Gasteiger partial charge in [-0.15, -0.1) is 0 Å². The smallest absolute Gasteiger partial charge is 0.249 e. The molecule has 1 aromatic rings. The Labute approximate surface area is 111 Å². The Hall–Kier alpha value is -0.600. The maximum absolute atomic E-state index is 10.7. The number of nitrogens with zero attached hydrogens (tertiary/aromatic N) is 2. The van der Waals surface area contributed by atoms with Crippen LogP contribution in [0.2, 0.25) is 10.3 Å². The summed E-state index contributed by atoms with van der Waals surface area (Å²) in [6.07, 6.45) is -1.77. The van der Waals surface area contributed by atoms with Crippen molar-refractivity contribution in [1.82, 2.24) is 9.97 Å². The van der Waals surface area contributed by atoms with Gasteiger partial charge in [0, 0.05) is 0 Å². The van der Waals surface area contributed by atoms with Gasteiger partial charge in [0.05, 0.1) is 5.56 Å². The van der Waals surface area contributed by atoms with Crippen LogP contribution in [0.5, 0.6) is 0 Å². The molecule has 1 heterocycles. The second kappa shape index (κ2) is 5.83. The van der Waals surface area contributed by atoms with Crippen LogP contribution in [0.1, 0.15) is 11.7 Å². The minimum Gasteiger partial charge on any atom is -0.385 e. The zero-order chi connectivity index (χ0) is 13.2. The largest absolute Gasteiger partial charge is 0.385 e. The van der Waals surface area contributed by atoms with Gasteiger partial charge >= 0.3 is 0 Å². The summed E-state index contributed by atoms with van der Waals surface area (Å²) in [4.78, 5) is 18.4. The quantitative estimate of drug-likeness (QED) is 0.421. The molecule has 1 amide bonds. The van der Waals surface area contributed by atoms with Crippen molar-refractivity contribution in [3.63, 3.8) is 0 Å². The van der Waals surface area contributed by atoms with Gasteiger partial charge in [-0.1, -0.05) is 35.0 Å². The maximum atomic E-state index is 10.7. The van der Waals surface area contributed by atoms with E-state index >= 15 is 0 Å². The molecule has 0 aliphatic rings. The number of nitrogens with two attached hydrogens (primary N) is 1. The van der Waals surface area contributed by atoms with Crippen LogP contribution >= 0.6 is 35.0 Å². The summed E-state index contributed by atoms with van der Waals surface area (Å²) in [5.41, 5.74) is 4.72. The minimum absolute atomic E-state index is 0.127. The number of halogens is 2. The van der Waals surface area contributed by atoms with Crippen LogP contribution in [0.3, 0.4) is 0 Å². The van der Waals surface area contributed by atoms with E-state index in [1.54, 1.807) is 6.26 Å². The molecule has 0 radical (unpaired) electrons. The van der Waals surface area contributed by atoms with Crippen LogP contribution in [-0.4, -0.2) is 38.4 Å². The molecule has 0 saturated carbocycles. The van der Waals surface area contributed by atoms with Gasteiger partial charge < -0.3 is 15.9 Å². The first-order valence-corrected chi connectivity index (χ1v) is 6.29. The molecule has 0 spiro atoms. The summed E-state index contributed by atoms with van der Waals surface area (Å²) in [7, 11) is 0. The second-order valence-corrected chi connectivity index (χ2v) is 4.49. The average molecular weight is 298 g/mol. The normalized spacial score (nSPS) is 14.4. The summed E-state index contributed by atoms with van der Waals surface area (Å²) in [5.74, 6) is -1.10. The number of carbonyl (C=O) groups is 1. The Morgan fingerprint density at radius 1 is 1.35 bits per heavy atom. The van der Waals surface area contributed by atoms with Crippen LogP contribution in [0.15, 0.2) is 5.16 Å². The molecule has 4 N–H and O–H groups in total. The van der Waals surface area contributed by atoms with E-state index in [4.69, 9.17) is 28.9 Å². The lowest BCUT2D eigenvalue weighted by atomic mass is 10.1. The van der Waals surface area contributed by atoms with Gasteiger partial charge in [0.1, 0.15) is 16.4 Å². The van der Waals surface area contributed by atoms with Crippen molar-refractivity contribution in [2.24, 2.45) is 5.73 Å². The van der Waals surface area contributed by atoms with Gasteiger partial charge in [0.15, 0.2) is 11.3 Å². The third-order valence-corrected chi connectivity index (χ3v) is 3.02. The zero-order valence-electron chi connectivity index (χ0n) is 8.59. The van der Waals surface area contributed by atoms with Gasteiger partial charge in [0.2, 0.25) is 5.91 Å². The number of aliphatic hydroxyl groups is 2. The zero-order valence-corrected chi connectivity index (χ0v) is 10.9. The Morgan fingerprint density at radius 3 is 2.18 bits per heavy atom. The maximum Gasteiger partial charge on any atom is 0.249 e. The molecule has 0 aliphatic carbocycles. The molecule has 0 bridgehead atoms. The molecule has 94 valence electrons. The van der Waals surface area contributed by atoms with Crippen LogP contribution in [-0.2, 0) is 4.79 Å².